The van der Waals surface area contributed by atoms with Gasteiger partial charge in [-0.3, -0.25) is 0 Å². The first-order chi connectivity index (χ1) is 4.66. The molecule has 0 bridgehead atoms. The Morgan fingerprint density at radius 3 is 2.50 bits per heavy atom. The summed E-state index contributed by atoms with van der Waals surface area (Å²) in [6.07, 6.45) is 3.99. The maximum atomic E-state index is 3.58. The Labute approximate surface area is 64.2 Å². The van der Waals surface area contributed by atoms with E-state index >= 15 is 0 Å². The Morgan fingerprint density at radius 2 is 2.10 bits per heavy atom. The van der Waals surface area contributed by atoms with Crippen molar-refractivity contribution >= 4 is 0 Å². The molecule has 0 radical (unpaired) electrons. The van der Waals surface area contributed by atoms with Crippen LogP contribution in [-0.4, -0.2) is 12.1 Å². The van der Waals surface area contributed by atoms with Crippen molar-refractivity contribution in [3.63, 3.8) is 0 Å². The number of rotatable bonds is 3. The fraction of sp³-hybridized carbons (Fsp3) is 1.00. The zero-order chi connectivity index (χ0) is 7.61. The molecular weight excluding hydrogens is 122 g/mol. The van der Waals surface area contributed by atoms with Crippen LogP contribution in [0.5, 0.6) is 0 Å². The quantitative estimate of drug-likeness (QED) is 0.635. The molecule has 0 aromatic carbocycles. The van der Waals surface area contributed by atoms with E-state index in [2.05, 4.69) is 26.1 Å². The Balaban J connectivity index is 2.15. The predicted octanol–water partition coefficient (Wildman–Crippen LogP) is 2.17. The van der Waals surface area contributed by atoms with Gasteiger partial charge in [0.2, 0.25) is 0 Å². The minimum Gasteiger partial charge on any atom is -0.312 e. The maximum absolute atomic E-state index is 3.58. The van der Waals surface area contributed by atoms with E-state index in [1.54, 1.807) is 0 Å². The van der Waals surface area contributed by atoms with Gasteiger partial charge in [0, 0.05) is 5.54 Å². The lowest BCUT2D eigenvalue weighted by Crippen LogP contribution is -2.52. The summed E-state index contributed by atoms with van der Waals surface area (Å²) in [6.45, 7) is 8.07. The highest BCUT2D eigenvalue weighted by Gasteiger charge is 2.36. The smallest absolute Gasteiger partial charge is 0.0158 e. The molecule has 1 nitrogen and oxygen atoms in total. The van der Waals surface area contributed by atoms with Crippen molar-refractivity contribution in [3.05, 3.63) is 0 Å². The van der Waals surface area contributed by atoms with Gasteiger partial charge >= 0.3 is 0 Å². The highest BCUT2D eigenvalue weighted by Crippen LogP contribution is 2.36. The van der Waals surface area contributed by atoms with Crippen LogP contribution in [0.4, 0.5) is 0 Å². The number of hydrogen-bond acceptors (Lipinski definition) is 1. The maximum Gasteiger partial charge on any atom is 0.0158 e. The number of nitrogens with one attached hydrogen (secondary N) is 1. The van der Waals surface area contributed by atoms with Crippen molar-refractivity contribution < 1.29 is 0 Å². The molecule has 1 aliphatic carbocycles. The molecule has 0 aromatic heterocycles. The molecule has 1 saturated carbocycles. The molecule has 1 aliphatic rings. The summed E-state index contributed by atoms with van der Waals surface area (Å²) in [5.41, 5.74) is 0.495. The molecule has 1 rings (SSSR count). The summed E-state index contributed by atoms with van der Waals surface area (Å²) < 4.78 is 0. The highest BCUT2D eigenvalue weighted by molar-refractivity contribution is 4.95. The van der Waals surface area contributed by atoms with Crippen molar-refractivity contribution in [2.75, 3.05) is 6.54 Å². The molecule has 0 heterocycles. The van der Waals surface area contributed by atoms with Crippen LogP contribution in [0.3, 0.4) is 0 Å². The van der Waals surface area contributed by atoms with Gasteiger partial charge in [-0.05, 0) is 38.6 Å². The molecule has 0 spiro atoms. The molecule has 1 heteroatoms. The lowest BCUT2D eigenvalue weighted by molar-refractivity contribution is 0.136. The van der Waals surface area contributed by atoms with E-state index in [1.807, 2.05) is 0 Å². The molecule has 10 heavy (non-hydrogen) atoms. The average molecular weight is 141 g/mol. The van der Waals surface area contributed by atoms with Crippen LogP contribution in [0.25, 0.3) is 0 Å². The van der Waals surface area contributed by atoms with E-state index in [-0.39, 0.29) is 0 Å². The minimum absolute atomic E-state index is 0.495. The summed E-state index contributed by atoms with van der Waals surface area (Å²) in [6, 6.07) is 0. The van der Waals surface area contributed by atoms with Gasteiger partial charge in [-0.15, -0.1) is 0 Å². The van der Waals surface area contributed by atoms with Crippen molar-refractivity contribution in [3.8, 4) is 0 Å². The van der Waals surface area contributed by atoms with E-state index in [1.165, 1.54) is 25.8 Å². The molecule has 0 saturated heterocycles. The first kappa shape index (κ1) is 8.06. The van der Waals surface area contributed by atoms with E-state index in [4.69, 9.17) is 0 Å². The van der Waals surface area contributed by atoms with Gasteiger partial charge in [0.1, 0.15) is 0 Å². The van der Waals surface area contributed by atoms with Crippen LogP contribution in [0.2, 0.25) is 0 Å². The first-order valence-electron chi connectivity index (χ1n) is 4.41. The fourth-order valence-corrected chi connectivity index (χ4v) is 2.05. The van der Waals surface area contributed by atoms with Crippen LogP contribution in [-0.2, 0) is 0 Å². The Kier molecular flexibility index (Phi) is 2.35. The Hall–Kier alpha value is -0.0400. The van der Waals surface area contributed by atoms with E-state index < -0.39 is 0 Å². The summed E-state index contributed by atoms with van der Waals surface area (Å²) >= 11 is 0. The van der Waals surface area contributed by atoms with Gasteiger partial charge in [-0.1, -0.05) is 13.8 Å². The van der Waals surface area contributed by atoms with Gasteiger partial charge in [0.25, 0.3) is 0 Å². The van der Waals surface area contributed by atoms with Crippen molar-refractivity contribution in [1.29, 1.82) is 0 Å². The topological polar surface area (TPSA) is 12.0 Å². The molecule has 1 fully saturated rings. The Morgan fingerprint density at radius 1 is 1.50 bits per heavy atom. The van der Waals surface area contributed by atoms with Crippen LogP contribution < -0.4 is 5.32 Å². The third kappa shape index (κ3) is 1.72. The van der Waals surface area contributed by atoms with Crippen LogP contribution in [0.15, 0.2) is 0 Å². The lowest BCUT2D eigenvalue weighted by Gasteiger charge is -2.44. The minimum atomic E-state index is 0.495. The fourth-order valence-electron chi connectivity index (χ4n) is 2.05. The molecule has 0 atom stereocenters. The monoisotopic (exact) mass is 141 g/mol. The molecule has 0 amide bonds. The molecule has 60 valence electrons. The van der Waals surface area contributed by atoms with Crippen LogP contribution >= 0.6 is 0 Å². The van der Waals surface area contributed by atoms with Crippen molar-refractivity contribution in [2.45, 2.75) is 45.6 Å². The standard InChI is InChI=1S/C9H19N/c1-4-5-10-9(3)6-8(2)7-9/h8,10H,4-7H2,1-3H3. The molecule has 0 unspecified atom stereocenters. The van der Waals surface area contributed by atoms with Crippen LogP contribution in [0.1, 0.15) is 40.0 Å². The SMILES string of the molecule is CCCNC1(C)CC(C)C1. The van der Waals surface area contributed by atoms with Gasteiger partial charge in [0.15, 0.2) is 0 Å². The van der Waals surface area contributed by atoms with Gasteiger partial charge in [0.05, 0.1) is 0 Å². The second-order valence-electron chi connectivity index (χ2n) is 4.00. The summed E-state index contributed by atoms with van der Waals surface area (Å²) in [5, 5.41) is 3.58. The first-order valence-corrected chi connectivity index (χ1v) is 4.41. The normalized spacial score (nSPS) is 39.3. The third-order valence-electron chi connectivity index (χ3n) is 2.40. The van der Waals surface area contributed by atoms with Crippen molar-refractivity contribution in [2.24, 2.45) is 5.92 Å². The molecular formula is C9H19N. The molecule has 0 aromatic rings. The number of hydrogen-bond donors (Lipinski definition) is 1. The van der Waals surface area contributed by atoms with Gasteiger partial charge in [-0.25, -0.2) is 0 Å². The van der Waals surface area contributed by atoms with Gasteiger partial charge in [-0.2, -0.15) is 0 Å². The predicted molar refractivity (Wildman–Crippen MR) is 45.1 cm³/mol. The summed E-state index contributed by atoms with van der Waals surface area (Å²) in [4.78, 5) is 0. The average Bonchev–Trinajstić information content (AvgIpc) is 1.81. The largest absolute Gasteiger partial charge is 0.312 e. The zero-order valence-electron chi connectivity index (χ0n) is 7.41. The summed E-state index contributed by atoms with van der Waals surface area (Å²) in [5.74, 6) is 0.953. The summed E-state index contributed by atoms with van der Waals surface area (Å²) in [7, 11) is 0. The van der Waals surface area contributed by atoms with E-state index in [0.717, 1.165) is 5.92 Å². The molecule has 0 aliphatic heterocycles. The van der Waals surface area contributed by atoms with Crippen molar-refractivity contribution in [1.82, 2.24) is 5.32 Å². The lowest BCUT2D eigenvalue weighted by atomic mass is 9.70. The van der Waals surface area contributed by atoms with E-state index in [0.29, 0.717) is 5.54 Å². The van der Waals surface area contributed by atoms with E-state index in [9.17, 15) is 0 Å². The highest BCUT2D eigenvalue weighted by atomic mass is 15.0. The van der Waals surface area contributed by atoms with Gasteiger partial charge < -0.3 is 5.32 Å². The zero-order valence-corrected chi connectivity index (χ0v) is 7.41. The second-order valence-corrected chi connectivity index (χ2v) is 4.00. The van der Waals surface area contributed by atoms with Crippen LogP contribution in [0, 0.1) is 5.92 Å². The third-order valence-corrected chi connectivity index (χ3v) is 2.40. The molecule has 1 N–H and O–H groups in total. The Bertz CT molecular complexity index is 103. The second kappa shape index (κ2) is 2.91.